The van der Waals surface area contributed by atoms with E-state index in [0.29, 0.717) is 18.4 Å². The van der Waals surface area contributed by atoms with Gasteiger partial charge in [0.1, 0.15) is 6.17 Å². The molecule has 2 unspecified atom stereocenters. The lowest BCUT2D eigenvalue weighted by Crippen LogP contribution is -2.40. The number of halogens is 1. The Bertz CT molecular complexity index is 143. The Morgan fingerprint density at radius 3 is 2.50 bits per heavy atom. The number of rotatable bonds is 1. The lowest BCUT2D eigenvalue weighted by Gasteiger charge is -2.31. The zero-order valence-electron chi connectivity index (χ0n) is 7.56. The van der Waals surface area contributed by atoms with E-state index in [1.54, 1.807) is 0 Å². The molecule has 1 saturated heterocycles. The summed E-state index contributed by atoms with van der Waals surface area (Å²) >= 11 is 0. The maximum Gasteiger partial charge on any atom is 0.116 e. The van der Waals surface area contributed by atoms with Crippen LogP contribution in [0.2, 0.25) is 0 Å². The van der Waals surface area contributed by atoms with Gasteiger partial charge in [0, 0.05) is 6.54 Å². The summed E-state index contributed by atoms with van der Waals surface area (Å²) < 4.78 is 13.4. The molecule has 2 fully saturated rings. The first-order valence-corrected chi connectivity index (χ1v) is 5.22. The summed E-state index contributed by atoms with van der Waals surface area (Å²) in [7, 11) is 0. The van der Waals surface area contributed by atoms with Crippen LogP contribution in [-0.2, 0) is 0 Å². The van der Waals surface area contributed by atoms with Gasteiger partial charge in [-0.1, -0.05) is 25.7 Å². The number of piperidine rings is 1. The SMILES string of the molecule is FC1CNCCC1C1CCCC1. The van der Waals surface area contributed by atoms with E-state index in [2.05, 4.69) is 5.32 Å². The molecule has 0 spiro atoms. The second-order valence-electron chi connectivity index (χ2n) is 4.22. The molecule has 0 aromatic carbocycles. The third kappa shape index (κ3) is 1.63. The number of alkyl halides is 1. The van der Waals surface area contributed by atoms with Gasteiger partial charge in [-0.15, -0.1) is 0 Å². The first-order chi connectivity index (χ1) is 5.88. The lowest BCUT2D eigenvalue weighted by atomic mass is 9.83. The van der Waals surface area contributed by atoms with Crippen molar-refractivity contribution in [1.82, 2.24) is 5.32 Å². The molecule has 0 aromatic heterocycles. The fourth-order valence-electron chi connectivity index (χ4n) is 2.76. The van der Waals surface area contributed by atoms with E-state index in [0.717, 1.165) is 13.0 Å². The number of nitrogens with one attached hydrogen (secondary N) is 1. The number of hydrogen-bond acceptors (Lipinski definition) is 1. The molecule has 2 rings (SSSR count). The molecule has 2 heteroatoms. The van der Waals surface area contributed by atoms with Gasteiger partial charge in [0.15, 0.2) is 0 Å². The maximum atomic E-state index is 13.4. The largest absolute Gasteiger partial charge is 0.314 e. The maximum absolute atomic E-state index is 13.4. The molecule has 0 amide bonds. The second kappa shape index (κ2) is 3.73. The van der Waals surface area contributed by atoms with Gasteiger partial charge in [0.25, 0.3) is 0 Å². The smallest absolute Gasteiger partial charge is 0.116 e. The quantitative estimate of drug-likeness (QED) is 0.637. The summed E-state index contributed by atoms with van der Waals surface area (Å²) in [6.45, 7) is 1.63. The van der Waals surface area contributed by atoms with Crippen molar-refractivity contribution in [3.05, 3.63) is 0 Å². The van der Waals surface area contributed by atoms with Crippen molar-refractivity contribution in [2.24, 2.45) is 11.8 Å². The van der Waals surface area contributed by atoms with E-state index in [-0.39, 0.29) is 0 Å². The van der Waals surface area contributed by atoms with Crippen molar-refractivity contribution >= 4 is 0 Å². The summed E-state index contributed by atoms with van der Waals surface area (Å²) in [4.78, 5) is 0. The van der Waals surface area contributed by atoms with Crippen LogP contribution < -0.4 is 5.32 Å². The molecular weight excluding hydrogens is 153 g/mol. The molecule has 2 aliphatic rings. The minimum atomic E-state index is -0.568. The average molecular weight is 171 g/mol. The van der Waals surface area contributed by atoms with E-state index in [1.807, 2.05) is 0 Å². The van der Waals surface area contributed by atoms with Gasteiger partial charge in [-0.3, -0.25) is 0 Å². The molecule has 70 valence electrons. The highest BCUT2D eigenvalue weighted by Gasteiger charge is 2.32. The first kappa shape index (κ1) is 8.49. The van der Waals surface area contributed by atoms with Crippen molar-refractivity contribution in [2.75, 3.05) is 13.1 Å². The lowest BCUT2D eigenvalue weighted by molar-refractivity contribution is 0.127. The Kier molecular flexibility index (Phi) is 2.64. The molecule has 1 nitrogen and oxygen atoms in total. The Balaban J connectivity index is 1.91. The van der Waals surface area contributed by atoms with Crippen LogP contribution >= 0.6 is 0 Å². The molecule has 1 saturated carbocycles. The highest BCUT2D eigenvalue weighted by molar-refractivity contribution is 4.85. The standard InChI is InChI=1S/C10H18FN/c11-10-7-12-6-5-9(10)8-3-1-2-4-8/h8-10,12H,1-7H2. The highest BCUT2D eigenvalue weighted by atomic mass is 19.1. The Morgan fingerprint density at radius 2 is 1.83 bits per heavy atom. The van der Waals surface area contributed by atoms with Crippen LogP contribution in [0.5, 0.6) is 0 Å². The fourth-order valence-corrected chi connectivity index (χ4v) is 2.76. The molecule has 1 heterocycles. The molecule has 0 bridgehead atoms. The average Bonchev–Trinajstić information content (AvgIpc) is 2.57. The van der Waals surface area contributed by atoms with Gasteiger partial charge in [-0.05, 0) is 24.8 Å². The van der Waals surface area contributed by atoms with Crippen LogP contribution in [0.1, 0.15) is 32.1 Å². The molecule has 2 atom stereocenters. The summed E-state index contributed by atoms with van der Waals surface area (Å²) in [6.07, 6.45) is 5.73. The Morgan fingerprint density at radius 1 is 1.08 bits per heavy atom. The van der Waals surface area contributed by atoms with E-state index in [1.165, 1.54) is 25.7 Å². The fraction of sp³-hybridized carbons (Fsp3) is 1.00. The summed E-state index contributed by atoms with van der Waals surface area (Å²) in [5, 5.41) is 3.11. The molecule has 1 aliphatic heterocycles. The Labute approximate surface area is 73.7 Å². The van der Waals surface area contributed by atoms with E-state index >= 15 is 0 Å². The predicted molar refractivity (Wildman–Crippen MR) is 47.8 cm³/mol. The van der Waals surface area contributed by atoms with Crippen molar-refractivity contribution in [3.63, 3.8) is 0 Å². The molecule has 0 radical (unpaired) electrons. The summed E-state index contributed by atoms with van der Waals surface area (Å²) in [6, 6.07) is 0. The minimum absolute atomic E-state index is 0.383. The van der Waals surface area contributed by atoms with Gasteiger partial charge in [-0.25, -0.2) is 4.39 Å². The van der Waals surface area contributed by atoms with Gasteiger partial charge >= 0.3 is 0 Å². The molecule has 0 aromatic rings. The second-order valence-corrected chi connectivity index (χ2v) is 4.22. The molecule has 1 N–H and O–H groups in total. The first-order valence-electron chi connectivity index (χ1n) is 5.22. The van der Waals surface area contributed by atoms with Gasteiger partial charge < -0.3 is 5.32 Å². The minimum Gasteiger partial charge on any atom is -0.314 e. The van der Waals surface area contributed by atoms with Crippen molar-refractivity contribution in [3.8, 4) is 0 Å². The van der Waals surface area contributed by atoms with E-state index < -0.39 is 6.17 Å². The van der Waals surface area contributed by atoms with Gasteiger partial charge in [-0.2, -0.15) is 0 Å². The zero-order chi connectivity index (χ0) is 8.39. The van der Waals surface area contributed by atoms with E-state index in [4.69, 9.17) is 0 Å². The molecule has 12 heavy (non-hydrogen) atoms. The van der Waals surface area contributed by atoms with Crippen molar-refractivity contribution in [1.29, 1.82) is 0 Å². The monoisotopic (exact) mass is 171 g/mol. The number of hydrogen-bond donors (Lipinski definition) is 1. The predicted octanol–water partition coefficient (Wildman–Crippen LogP) is 2.12. The summed E-state index contributed by atoms with van der Waals surface area (Å²) in [5.74, 6) is 1.09. The molecular formula is C10H18FN. The third-order valence-electron chi connectivity index (χ3n) is 3.46. The van der Waals surface area contributed by atoms with E-state index in [9.17, 15) is 4.39 Å². The van der Waals surface area contributed by atoms with Crippen LogP contribution in [0.25, 0.3) is 0 Å². The summed E-state index contributed by atoms with van der Waals surface area (Å²) in [5.41, 5.74) is 0. The topological polar surface area (TPSA) is 12.0 Å². The highest BCUT2D eigenvalue weighted by Crippen LogP contribution is 2.36. The van der Waals surface area contributed by atoms with Crippen LogP contribution in [0.4, 0.5) is 4.39 Å². The van der Waals surface area contributed by atoms with Crippen LogP contribution in [0.3, 0.4) is 0 Å². The van der Waals surface area contributed by atoms with Gasteiger partial charge in [0.2, 0.25) is 0 Å². The molecule has 1 aliphatic carbocycles. The van der Waals surface area contributed by atoms with Crippen LogP contribution in [-0.4, -0.2) is 19.3 Å². The Hall–Kier alpha value is -0.110. The zero-order valence-corrected chi connectivity index (χ0v) is 7.56. The van der Waals surface area contributed by atoms with Crippen molar-refractivity contribution < 1.29 is 4.39 Å². The van der Waals surface area contributed by atoms with Crippen LogP contribution in [0, 0.1) is 11.8 Å². The van der Waals surface area contributed by atoms with Crippen LogP contribution in [0.15, 0.2) is 0 Å². The van der Waals surface area contributed by atoms with Gasteiger partial charge in [0.05, 0.1) is 0 Å². The normalized spacial score (nSPS) is 38.8. The van der Waals surface area contributed by atoms with Crippen molar-refractivity contribution in [2.45, 2.75) is 38.3 Å². The third-order valence-corrected chi connectivity index (χ3v) is 3.46.